The van der Waals surface area contributed by atoms with Gasteiger partial charge in [0.25, 0.3) is 11.8 Å². The van der Waals surface area contributed by atoms with E-state index in [2.05, 4.69) is 16.2 Å². The molecule has 142 valence electrons. The summed E-state index contributed by atoms with van der Waals surface area (Å²) in [6.07, 6.45) is 6.88. The molecule has 4 rings (SSSR count). The molecule has 2 atom stereocenters. The van der Waals surface area contributed by atoms with Crippen molar-refractivity contribution in [1.82, 2.24) is 10.3 Å². The molecule has 1 aliphatic rings. The van der Waals surface area contributed by atoms with Crippen LogP contribution in [-0.4, -0.2) is 22.7 Å². The predicted molar refractivity (Wildman–Crippen MR) is 102 cm³/mol. The summed E-state index contributed by atoms with van der Waals surface area (Å²) in [7, 11) is 0. The number of nitrogens with one attached hydrogen (secondary N) is 2. The van der Waals surface area contributed by atoms with Crippen LogP contribution in [0.15, 0.2) is 78.9 Å². The zero-order valence-corrected chi connectivity index (χ0v) is 15.2. The number of hydrogen-bond donors (Lipinski definition) is 2. The van der Waals surface area contributed by atoms with E-state index in [0.29, 0.717) is 5.56 Å². The number of hydrogen-bond acceptors (Lipinski definition) is 4. The molecule has 1 aliphatic heterocycles. The number of halogens is 1. The standard InChI is InChI=1S/C22H15FN4O2/c23-17-3-1-16(2-4-17)19-18(13-24)21(28)26-22(29)20(19)27-11-7-15(8-12-27)14-5-9-25-10-6-14/h1-12,19-20,24H/p+1. The first-order valence-electron chi connectivity index (χ1n) is 8.90. The molecule has 3 heterocycles. The highest BCUT2D eigenvalue weighted by atomic mass is 19.1. The van der Waals surface area contributed by atoms with E-state index in [1.807, 2.05) is 24.3 Å². The number of amides is 2. The summed E-state index contributed by atoms with van der Waals surface area (Å²) >= 11 is 0. The Morgan fingerprint density at radius 2 is 1.59 bits per heavy atom. The fraction of sp³-hybridized carbons (Fsp3) is 0.0909. The minimum atomic E-state index is -0.822. The third kappa shape index (κ3) is 3.47. The van der Waals surface area contributed by atoms with Crippen molar-refractivity contribution >= 4 is 17.7 Å². The molecule has 1 fully saturated rings. The molecule has 2 amide bonds. The highest BCUT2D eigenvalue weighted by Crippen LogP contribution is 2.34. The van der Waals surface area contributed by atoms with Crippen molar-refractivity contribution < 1.29 is 18.5 Å². The fourth-order valence-corrected chi connectivity index (χ4v) is 3.53. The Bertz CT molecular complexity index is 1120. The van der Waals surface area contributed by atoms with Crippen LogP contribution in [0.2, 0.25) is 0 Å². The summed E-state index contributed by atoms with van der Waals surface area (Å²) in [6.45, 7) is 0. The first kappa shape index (κ1) is 18.4. The van der Waals surface area contributed by atoms with Crippen LogP contribution < -0.4 is 9.88 Å². The topological polar surface area (TPSA) is 86.8 Å². The number of benzene rings is 1. The maximum Gasteiger partial charge on any atom is 0.296 e. The zero-order valence-electron chi connectivity index (χ0n) is 15.2. The van der Waals surface area contributed by atoms with Crippen molar-refractivity contribution in [1.29, 1.82) is 5.41 Å². The maximum absolute atomic E-state index is 13.4. The molecule has 0 radical (unpaired) electrons. The molecule has 3 aromatic rings. The largest absolute Gasteiger partial charge is 0.296 e. The van der Waals surface area contributed by atoms with Gasteiger partial charge in [-0.15, -0.1) is 0 Å². The Kier molecular flexibility index (Phi) is 4.81. The monoisotopic (exact) mass is 387 g/mol. The minimum absolute atomic E-state index is 0.0203. The third-order valence-electron chi connectivity index (χ3n) is 4.93. The number of nitrogens with zero attached hydrogens (tertiary/aromatic N) is 2. The average molecular weight is 387 g/mol. The normalized spacial score (nSPS) is 18.9. The van der Waals surface area contributed by atoms with E-state index in [-0.39, 0.29) is 5.57 Å². The van der Waals surface area contributed by atoms with Crippen LogP contribution >= 0.6 is 0 Å². The smallest absolute Gasteiger partial charge is 0.286 e. The van der Waals surface area contributed by atoms with Gasteiger partial charge in [0.15, 0.2) is 12.4 Å². The summed E-state index contributed by atoms with van der Waals surface area (Å²) in [6, 6.07) is 12.2. The van der Waals surface area contributed by atoms with Crippen LogP contribution in [0.4, 0.5) is 4.39 Å². The van der Waals surface area contributed by atoms with Gasteiger partial charge in [0.05, 0.1) is 11.5 Å². The summed E-state index contributed by atoms with van der Waals surface area (Å²) in [5, 5.41) is 9.85. The molecule has 2 unspecified atom stereocenters. The number of carbonyl (C=O) groups excluding carboxylic acids is 2. The van der Waals surface area contributed by atoms with Crippen LogP contribution in [0.5, 0.6) is 0 Å². The number of piperidine rings is 1. The lowest BCUT2D eigenvalue weighted by molar-refractivity contribution is -0.711. The van der Waals surface area contributed by atoms with Crippen molar-refractivity contribution in [3.63, 3.8) is 0 Å². The van der Waals surface area contributed by atoms with Crippen molar-refractivity contribution in [3.8, 4) is 11.1 Å². The summed E-state index contributed by atoms with van der Waals surface area (Å²) in [5.74, 6) is -0.178. The van der Waals surface area contributed by atoms with Crippen molar-refractivity contribution in [2.24, 2.45) is 0 Å². The van der Waals surface area contributed by atoms with Gasteiger partial charge in [0.1, 0.15) is 5.82 Å². The number of rotatable bonds is 3. The molecular formula is C22H16FN4O2+. The average Bonchev–Trinajstić information content (AvgIpc) is 2.75. The zero-order chi connectivity index (χ0) is 20.4. The molecule has 0 aliphatic carbocycles. The molecule has 1 saturated heterocycles. The molecule has 0 bridgehead atoms. The highest BCUT2D eigenvalue weighted by molar-refractivity contribution is 6.13. The van der Waals surface area contributed by atoms with Gasteiger partial charge < -0.3 is 0 Å². The van der Waals surface area contributed by atoms with E-state index in [1.165, 1.54) is 24.3 Å². The Hall–Kier alpha value is -3.96. The van der Waals surface area contributed by atoms with Crippen LogP contribution in [0.25, 0.3) is 11.1 Å². The van der Waals surface area contributed by atoms with E-state index < -0.39 is 29.6 Å². The first-order chi connectivity index (χ1) is 14.1. The van der Waals surface area contributed by atoms with Gasteiger partial charge in [-0.2, -0.15) is 4.57 Å². The van der Waals surface area contributed by atoms with Gasteiger partial charge in [-0.25, -0.2) is 4.39 Å². The second-order valence-corrected chi connectivity index (χ2v) is 6.60. The van der Waals surface area contributed by atoms with E-state index in [9.17, 15) is 14.0 Å². The minimum Gasteiger partial charge on any atom is -0.286 e. The molecule has 6 nitrogen and oxygen atoms in total. The molecule has 29 heavy (non-hydrogen) atoms. The number of carbonyl (C=O) groups is 2. The van der Waals surface area contributed by atoms with Crippen LogP contribution in [0, 0.1) is 11.2 Å². The predicted octanol–water partition coefficient (Wildman–Crippen LogP) is 2.33. The van der Waals surface area contributed by atoms with Crippen LogP contribution in [-0.2, 0) is 9.59 Å². The Morgan fingerprint density at radius 1 is 0.966 bits per heavy atom. The maximum atomic E-state index is 13.4. The van der Waals surface area contributed by atoms with E-state index >= 15 is 0 Å². The molecule has 0 saturated carbocycles. The Morgan fingerprint density at radius 3 is 2.21 bits per heavy atom. The van der Waals surface area contributed by atoms with Gasteiger partial charge in [0.2, 0.25) is 6.04 Å². The van der Waals surface area contributed by atoms with Gasteiger partial charge in [-0.1, -0.05) is 12.1 Å². The molecule has 7 heteroatoms. The number of aromatic nitrogens is 2. The molecule has 0 spiro atoms. The first-order valence-corrected chi connectivity index (χ1v) is 8.90. The Balaban J connectivity index is 1.78. The van der Waals surface area contributed by atoms with Gasteiger partial charge in [0, 0.05) is 24.5 Å². The molecule has 1 aromatic carbocycles. The lowest BCUT2D eigenvalue weighted by Crippen LogP contribution is -2.57. The molecule has 2 aromatic heterocycles. The summed E-state index contributed by atoms with van der Waals surface area (Å²) in [4.78, 5) is 29.0. The van der Waals surface area contributed by atoms with Crippen molar-refractivity contribution in [2.45, 2.75) is 12.0 Å². The SMILES string of the molecule is N=C=C1C(=O)NC(=O)C([n+]2ccc(-c3ccncc3)cc2)C1c1ccc(F)cc1. The van der Waals surface area contributed by atoms with Crippen molar-refractivity contribution in [2.75, 3.05) is 0 Å². The van der Waals surface area contributed by atoms with Crippen molar-refractivity contribution in [3.05, 3.63) is 90.3 Å². The fourth-order valence-electron chi connectivity index (χ4n) is 3.53. The lowest BCUT2D eigenvalue weighted by atomic mass is 9.81. The van der Waals surface area contributed by atoms with Crippen LogP contribution in [0.3, 0.4) is 0 Å². The van der Waals surface area contributed by atoms with Gasteiger partial charge >= 0.3 is 0 Å². The van der Waals surface area contributed by atoms with Gasteiger partial charge in [-0.3, -0.25) is 25.3 Å². The van der Waals surface area contributed by atoms with E-state index in [1.54, 1.807) is 29.4 Å². The summed E-state index contributed by atoms with van der Waals surface area (Å²) in [5.41, 5.74) is 2.50. The van der Waals surface area contributed by atoms with Crippen LogP contribution in [0.1, 0.15) is 17.5 Å². The second-order valence-electron chi connectivity index (χ2n) is 6.60. The van der Waals surface area contributed by atoms with E-state index in [4.69, 9.17) is 5.41 Å². The number of imide groups is 1. The number of pyridine rings is 2. The summed E-state index contributed by atoms with van der Waals surface area (Å²) < 4.78 is 15.1. The highest BCUT2D eigenvalue weighted by Gasteiger charge is 2.47. The lowest BCUT2D eigenvalue weighted by Gasteiger charge is -2.27. The third-order valence-corrected chi connectivity index (χ3v) is 4.93. The molecule has 2 N–H and O–H groups in total. The molecular weight excluding hydrogens is 371 g/mol. The Labute approximate surface area is 165 Å². The van der Waals surface area contributed by atoms with E-state index in [0.717, 1.165) is 11.1 Å². The van der Waals surface area contributed by atoms with Gasteiger partial charge in [-0.05, 0) is 46.8 Å². The quantitative estimate of drug-likeness (QED) is 0.313. The second kappa shape index (κ2) is 7.58.